The van der Waals surface area contributed by atoms with Gasteiger partial charge in [0.25, 0.3) is 0 Å². The number of nitrogens with one attached hydrogen (secondary N) is 2. The summed E-state index contributed by atoms with van der Waals surface area (Å²) in [5.74, 6) is -0.232. The van der Waals surface area contributed by atoms with Gasteiger partial charge in [-0.15, -0.1) is 0 Å². The lowest BCUT2D eigenvalue weighted by atomic mass is 10.0. The third-order valence-electron chi connectivity index (χ3n) is 4.06. The number of amides is 1. The topological polar surface area (TPSA) is 84.5 Å². The van der Waals surface area contributed by atoms with Gasteiger partial charge in [-0.25, -0.2) is 8.42 Å². The van der Waals surface area contributed by atoms with Crippen molar-refractivity contribution in [2.75, 3.05) is 12.4 Å². The minimum absolute atomic E-state index is 0.0228. The Labute approximate surface area is 175 Å². The molecule has 152 valence electrons. The molecule has 28 heavy (non-hydrogen) atoms. The second-order valence-corrected chi connectivity index (χ2v) is 9.05. The standard InChI is InChI=1S/C19H22Cl2N2O4S/c1-11(2)13-5-8-17(27-4)18(9-13)28(25,26)23-12(3)19(24)22-16-7-6-14(20)10-15(16)21/h5-12,23H,1-4H3,(H,22,24). The van der Waals surface area contributed by atoms with Gasteiger partial charge in [0, 0.05) is 5.02 Å². The molecule has 2 N–H and O–H groups in total. The highest BCUT2D eigenvalue weighted by atomic mass is 35.5. The van der Waals surface area contributed by atoms with E-state index in [4.69, 9.17) is 27.9 Å². The fourth-order valence-corrected chi connectivity index (χ4v) is 4.31. The molecule has 1 unspecified atom stereocenters. The first-order valence-corrected chi connectivity index (χ1v) is 10.7. The zero-order chi connectivity index (χ0) is 21.1. The molecular formula is C19H22Cl2N2O4S. The molecule has 2 aromatic carbocycles. The van der Waals surface area contributed by atoms with Gasteiger partial charge in [0.2, 0.25) is 15.9 Å². The number of benzene rings is 2. The van der Waals surface area contributed by atoms with Gasteiger partial charge in [0.15, 0.2) is 0 Å². The maximum atomic E-state index is 12.9. The molecule has 9 heteroatoms. The number of anilines is 1. The van der Waals surface area contributed by atoms with Crippen LogP contribution in [0.4, 0.5) is 5.69 Å². The van der Waals surface area contributed by atoms with Crippen molar-refractivity contribution in [3.05, 3.63) is 52.0 Å². The maximum absolute atomic E-state index is 12.9. The predicted molar refractivity (Wildman–Crippen MR) is 112 cm³/mol. The monoisotopic (exact) mass is 444 g/mol. The van der Waals surface area contributed by atoms with E-state index in [2.05, 4.69) is 10.0 Å². The van der Waals surface area contributed by atoms with Crippen molar-refractivity contribution in [3.63, 3.8) is 0 Å². The van der Waals surface area contributed by atoms with Crippen LogP contribution < -0.4 is 14.8 Å². The fourth-order valence-electron chi connectivity index (χ4n) is 2.44. The summed E-state index contributed by atoms with van der Waals surface area (Å²) in [5, 5.41) is 3.26. The number of hydrogen-bond acceptors (Lipinski definition) is 4. The molecule has 0 aliphatic carbocycles. The van der Waals surface area contributed by atoms with Gasteiger partial charge in [0.05, 0.1) is 23.9 Å². The van der Waals surface area contributed by atoms with E-state index in [0.717, 1.165) is 5.56 Å². The Kier molecular flexibility index (Phi) is 7.33. The van der Waals surface area contributed by atoms with Crippen LogP contribution >= 0.6 is 23.2 Å². The second kappa shape index (κ2) is 9.13. The number of sulfonamides is 1. The van der Waals surface area contributed by atoms with Crippen molar-refractivity contribution < 1.29 is 17.9 Å². The molecule has 0 spiro atoms. The lowest BCUT2D eigenvalue weighted by molar-refractivity contribution is -0.117. The molecule has 0 heterocycles. The Bertz CT molecular complexity index is 978. The van der Waals surface area contributed by atoms with Crippen molar-refractivity contribution in [1.29, 1.82) is 0 Å². The molecule has 2 rings (SSSR count). The molecule has 0 aliphatic heterocycles. The number of hydrogen-bond donors (Lipinski definition) is 2. The minimum Gasteiger partial charge on any atom is -0.495 e. The number of carbonyl (C=O) groups is 1. The van der Waals surface area contributed by atoms with Crippen LogP contribution in [-0.4, -0.2) is 27.5 Å². The van der Waals surface area contributed by atoms with Crippen LogP contribution in [0.15, 0.2) is 41.3 Å². The third kappa shape index (κ3) is 5.38. The fraction of sp³-hybridized carbons (Fsp3) is 0.316. The Hall–Kier alpha value is -1.80. The molecule has 0 aromatic heterocycles. The summed E-state index contributed by atoms with van der Waals surface area (Å²) >= 11 is 11.9. The van der Waals surface area contributed by atoms with Crippen LogP contribution in [0.25, 0.3) is 0 Å². The van der Waals surface area contributed by atoms with Gasteiger partial charge in [-0.05, 0) is 48.7 Å². The van der Waals surface area contributed by atoms with Crippen LogP contribution in [0.3, 0.4) is 0 Å². The summed E-state index contributed by atoms with van der Waals surface area (Å²) in [6.45, 7) is 5.35. The highest BCUT2D eigenvalue weighted by Gasteiger charge is 2.26. The third-order valence-corrected chi connectivity index (χ3v) is 6.17. The predicted octanol–water partition coefficient (Wildman–Crippen LogP) is 4.43. The van der Waals surface area contributed by atoms with E-state index >= 15 is 0 Å². The van der Waals surface area contributed by atoms with E-state index < -0.39 is 22.0 Å². The van der Waals surface area contributed by atoms with Crippen molar-refractivity contribution in [1.82, 2.24) is 4.72 Å². The number of halogens is 2. The first kappa shape index (κ1) is 22.5. The Morgan fingerprint density at radius 2 is 1.75 bits per heavy atom. The molecule has 1 amide bonds. The SMILES string of the molecule is COc1ccc(C(C)C)cc1S(=O)(=O)NC(C)C(=O)Nc1ccc(Cl)cc1Cl. The maximum Gasteiger partial charge on any atom is 0.244 e. The van der Waals surface area contributed by atoms with Gasteiger partial charge in [-0.3, -0.25) is 4.79 Å². The van der Waals surface area contributed by atoms with Crippen LogP contribution in [-0.2, 0) is 14.8 Å². The zero-order valence-corrected chi connectivity index (χ0v) is 18.2. The van der Waals surface area contributed by atoms with Gasteiger partial charge in [0.1, 0.15) is 10.6 Å². The second-order valence-electron chi connectivity index (χ2n) is 6.52. The van der Waals surface area contributed by atoms with Crippen molar-refractivity contribution in [2.45, 2.75) is 37.6 Å². The number of carbonyl (C=O) groups excluding carboxylic acids is 1. The van der Waals surface area contributed by atoms with Gasteiger partial charge in [-0.1, -0.05) is 43.1 Å². The van der Waals surface area contributed by atoms with Crippen molar-refractivity contribution in [3.8, 4) is 5.75 Å². The van der Waals surface area contributed by atoms with E-state index in [1.54, 1.807) is 30.3 Å². The Morgan fingerprint density at radius 3 is 2.32 bits per heavy atom. The zero-order valence-electron chi connectivity index (χ0n) is 15.9. The summed E-state index contributed by atoms with van der Waals surface area (Å²) in [6.07, 6.45) is 0. The minimum atomic E-state index is -4.00. The molecule has 0 bridgehead atoms. The van der Waals surface area contributed by atoms with E-state index in [0.29, 0.717) is 10.7 Å². The van der Waals surface area contributed by atoms with Crippen LogP contribution in [0.2, 0.25) is 10.0 Å². The highest BCUT2D eigenvalue weighted by molar-refractivity contribution is 7.89. The van der Waals surface area contributed by atoms with E-state index in [1.807, 2.05) is 13.8 Å². The van der Waals surface area contributed by atoms with Crippen LogP contribution in [0.1, 0.15) is 32.3 Å². The average Bonchev–Trinajstić information content (AvgIpc) is 2.62. The smallest absolute Gasteiger partial charge is 0.244 e. The number of ether oxygens (including phenoxy) is 1. The molecule has 0 radical (unpaired) electrons. The van der Waals surface area contributed by atoms with E-state index in [9.17, 15) is 13.2 Å². The lowest BCUT2D eigenvalue weighted by Crippen LogP contribution is -2.41. The summed E-state index contributed by atoms with van der Waals surface area (Å²) < 4.78 is 33.3. The van der Waals surface area contributed by atoms with E-state index in [1.165, 1.54) is 20.1 Å². The summed E-state index contributed by atoms with van der Waals surface area (Å²) in [7, 11) is -2.61. The molecular weight excluding hydrogens is 423 g/mol. The normalized spacial score (nSPS) is 12.7. The quantitative estimate of drug-likeness (QED) is 0.661. The molecule has 6 nitrogen and oxygen atoms in total. The van der Waals surface area contributed by atoms with Crippen molar-refractivity contribution >= 4 is 44.8 Å². The molecule has 0 fully saturated rings. The molecule has 1 atom stereocenters. The average molecular weight is 445 g/mol. The van der Waals surface area contributed by atoms with Crippen LogP contribution in [0.5, 0.6) is 5.75 Å². The first-order valence-electron chi connectivity index (χ1n) is 8.51. The lowest BCUT2D eigenvalue weighted by Gasteiger charge is -2.17. The largest absolute Gasteiger partial charge is 0.495 e. The highest BCUT2D eigenvalue weighted by Crippen LogP contribution is 2.28. The summed E-state index contributed by atoms with van der Waals surface area (Å²) in [4.78, 5) is 12.4. The Morgan fingerprint density at radius 1 is 1.07 bits per heavy atom. The molecule has 0 saturated carbocycles. The molecule has 0 aliphatic rings. The van der Waals surface area contributed by atoms with E-state index in [-0.39, 0.29) is 21.6 Å². The van der Waals surface area contributed by atoms with Gasteiger partial charge in [-0.2, -0.15) is 4.72 Å². The van der Waals surface area contributed by atoms with Gasteiger partial charge >= 0.3 is 0 Å². The number of rotatable bonds is 7. The van der Waals surface area contributed by atoms with Crippen molar-refractivity contribution in [2.24, 2.45) is 0 Å². The van der Waals surface area contributed by atoms with Crippen LogP contribution in [0, 0.1) is 0 Å². The molecule has 0 saturated heterocycles. The summed E-state index contributed by atoms with van der Waals surface area (Å²) in [5.41, 5.74) is 1.17. The number of methoxy groups -OCH3 is 1. The first-order chi connectivity index (χ1) is 13.0. The Balaban J connectivity index is 2.23. The van der Waals surface area contributed by atoms with Gasteiger partial charge < -0.3 is 10.1 Å². The summed E-state index contributed by atoms with van der Waals surface area (Å²) in [6, 6.07) is 8.49. The molecule has 2 aromatic rings.